The molecule has 1 aliphatic rings. The summed E-state index contributed by atoms with van der Waals surface area (Å²) in [5.74, 6) is -2.44. The predicted molar refractivity (Wildman–Crippen MR) is 101 cm³/mol. The molecule has 0 spiro atoms. The van der Waals surface area contributed by atoms with E-state index in [1.165, 1.54) is 18.2 Å². The minimum atomic E-state index is -0.752. The molecule has 2 aromatic carbocycles. The fourth-order valence-corrected chi connectivity index (χ4v) is 3.02. The molecule has 0 saturated carbocycles. The molecule has 1 saturated heterocycles. The number of morpholine rings is 1. The number of nitrogens with zero attached hydrogens (tertiary/aromatic N) is 1. The molecule has 1 N–H and O–H groups in total. The molecule has 1 unspecified atom stereocenters. The van der Waals surface area contributed by atoms with E-state index in [1.54, 1.807) is 6.92 Å². The second kappa shape index (κ2) is 8.93. The normalized spacial score (nSPS) is 15.6. The van der Waals surface area contributed by atoms with E-state index >= 15 is 0 Å². The molecule has 1 heterocycles. The number of ether oxygens (including phenoxy) is 1. The van der Waals surface area contributed by atoms with Crippen LogP contribution in [-0.4, -0.2) is 32.2 Å². The van der Waals surface area contributed by atoms with Gasteiger partial charge in [0.2, 0.25) is 5.91 Å². The Hall–Kier alpha value is -2.80. The van der Waals surface area contributed by atoms with E-state index in [2.05, 4.69) is 5.32 Å². The zero-order valence-electron chi connectivity index (χ0n) is 15.4. The van der Waals surface area contributed by atoms with Gasteiger partial charge in [0.15, 0.2) is 0 Å². The minimum absolute atomic E-state index is 0.286. The van der Waals surface area contributed by atoms with Gasteiger partial charge in [-0.3, -0.25) is 4.79 Å². The maximum atomic E-state index is 14.1. The number of nitrogens with one attached hydrogen (secondary N) is 1. The molecule has 0 radical (unpaired) electrons. The smallest absolute Gasteiger partial charge is 0.244 e. The van der Waals surface area contributed by atoms with E-state index < -0.39 is 29.4 Å². The largest absolute Gasteiger partial charge is 0.378 e. The fourth-order valence-electron chi connectivity index (χ4n) is 3.02. The van der Waals surface area contributed by atoms with E-state index in [-0.39, 0.29) is 5.56 Å². The molecular weight excluding hydrogens is 369 g/mol. The molecule has 3 rings (SSSR count). The highest BCUT2D eigenvalue weighted by Gasteiger charge is 2.16. The van der Waals surface area contributed by atoms with Gasteiger partial charge in [-0.2, -0.15) is 0 Å². The number of hydrogen-bond donors (Lipinski definition) is 1. The van der Waals surface area contributed by atoms with Crippen molar-refractivity contribution in [1.29, 1.82) is 0 Å². The van der Waals surface area contributed by atoms with Gasteiger partial charge in [0.25, 0.3) is 0 Å². The number of halogens is 3. The molecule has 0 aliphatic carbocycles. The number of amides is 1. The van der Waals surface area contributed by atoms with E-state index in [9.17, 15) is 18.0 Å². The second-order valence-corrected chi connectivity index (χ2v) is 6.54. The molecule has 28 heavy (non-hydrogen) atoms. The van der Waals surface area contributed by atoms with Crippen LogP contribution in [0, 0.1) is 17.5 Å². The summed E-state index contributed by atoms with van der Waals surface area (Å²) in [6.07, 6.45) is 2.14. The van der Waals surface area contributed by atoms with Crippen molar-refractivity contribution >= 4 is 17.7 Å². The SMILES string of the molecule is CC(NC(=O)/C=C/c1c(F)cccc1F)c1cc(F)cc(N2CCOCC2)c1. The number of benzene rings is 2. The van der Waals surface area contributed by atoms with Crippen LogP contribution in [0.3, 0.4) is 0 Å². The molecule has 2 aromatic rings. The number of carbonyl (C=O) groups is 1. The zero-order valence-corrected chi connectivity index (χ0v) is 15.4. The van der Waals surface area contributed by atoms with Crippen LogP contribution in [0.5, 0.6) is 0 Å². The van der Waals surface area contributed by atoms with Gasteiger partial charge in [-0.15, -0.1) is 0 Å². The van der Waals surface area contributed by atoms with Crippen molar-refractivity contribution in [2.24, 2.45) is 0 Å². The van der Waals surface area contributed by atoms with Crippen molar-refractivity contribution < 1.29 is 22.7 Å². The number of rotatable bonds is 5. The van der Waals surface area contributed by atoms with Crippen molar-refractivity contribution in [3.63, 3.8) is 0 Å². The third kappa shape index (κ3) is 4.92. The number of hydrogen-bond acceptors (Lipinski definition) is 3. The third-order valence-electron chi connectivity index (χ3n) is 4.54. The van der Waals surface area contributed by atoms with Crippen LogP contribution >= 0.6 is 0 Å². The van der Waals surface area contributed by atoms with Crippen LogP contribution in [-0.2, 0) is 9.53 Å². The van der Waals surface area contributed by atoms with Gasteiger partial charge < -0.3 is 15.0 Å². The summed E-state index contributed by atoms with van der Waals surface area (Å²) in [6.45, 7) is 4.21. The fraction of sp³-hybridized carbons (Fsp3) is 0.286. The van der Waals surface area contributed by atoms with Gasteiger partial charge in [-0.25, -0.2) is 13.2 Å². The van der Waals surface area contributed by atoms with Gasteiger partial charge in [0, 0.05) is 30.4 Å². The minimum Gasteiger partial charge on any atom is -0.378 e. The van der Waals surface area contributed by atoms with Crippen LogP contribution in [0.4, 0.5) is 18.9 Å². The van der Waals surface area contributed by atoms with Gasteiger partial charge in [0.1, 0.15) is 17.5 Å². The summed E-state index contributed by atoms with van der Waals surface area (Å²) in [5, 5.41) is 2.68. The third-order valence-corrected chi connectivity index (χ3v) is 4.54. The van der Waals surface area contributed by atoms with Gasteiger partial charge in [0.05, 0.1) is 19.3 Å². The molecule has 1 fully saturated rings. The Kier molecular flexibility index (Phi) is 6.36. The Morgan fingerprint density at radius 3 is 2.50 bits per heavy atom. The standard InChI is InChI=1S/C21H21F3N2O2/c1-14(25-21(27)6-5-18-19(23)3-2-4-20(18)24)15-11-16(22)13-17(12-15)26-7-9-28-10-8-26/h2-6,11-14H,7-10H2,1H3,(H,25,27)/b6-5+. The van der Waals surface area contributed by atoms with Crippen LogP contribution in [0.15, 0.2) is 42.5 Å². The van der Waals surface area contributed by atoms with Crippen molar-refractivity contribution in [3.05, 3.63) is 71.1 Å². The summed E-state index contributed by atoms with van der Waals surface area (Å²) in [6, 6.07) is 7.61. The van der Waals surface area contributed by atoms with Crippen LogP contribution in [0.1, 0.15) is 24.1 Å². The quantitative estimate of drug-likeness (QED) is 0.789. The molecule has 1 amide bonds. The van der Waals surface area contributed by atoms with Crippen molar-refractivity contribution in [2.45, 2.75) is 13.0 Å². The first-order valence-electron chi connectivity index (χ1n) is 9.00. The monoisotopic (exact) mass is 390 g/mol. The first-order valence-corrected chi connectivity index (χ1v) is 9.00. The lowest BCUT2D eigenvalue weighted by atomic mass is 10.1. The predicted octanol–water partition coefficient (Wildman–Crippen LogP) is 3.83. The Morgan fingerprint density at radius 2 is 1.82 bits per heavy atom. The van der Waals surface area contributed by atoms with Crippen LogP contribution in [0.25, 0.3) is 6.08 Å². The van der Waals surface area contributed by atoms with Crippen LogP contribution in [0.2, 0.25) is 0 Å². The van der Waals surface area contributed by atoms with Crippen LogP contribution < -0.4 is 10.2 Å². The molecular formula is C21H21F3N2O2. The number of anilines is 1. The van der Waals surface area contributed by atoms with E-state index in [4.69, 9.17) is 4.74 Å². The highest BCUT2D eigenvalue weighted by Crippen LogP contribution is 2.24. The number of carbonyl (C=O) groups excluding carboxylic acids is 1. The Labute approximate surface area is 161 Å². The second-order valence-electron chi connectivity index (χ2n) is 6.54. The van der Waals surface area contributed by atoms with Gasteiger partial charge in [-0.05, 0) is 48.9 Å². The molecule has 0 bridgehead atoms. The summed E-state index contributed by atoms with van der Waals surface area (Å²) in [7, 11) is 0. The summed E-state index contributed by atoms with van der Waals surface area (Å²) in [5.41, 5.74) is 1.04. The van der Waals surface area contributed by atoms with E-state index in [0.29, 0.717) is 31.9 Å². The molecule has 1 aliphatic heterocycles. The zero-order chi connectivity index (χ0) is 20.1. The van der Waals surface area contributed by atoms with E-state index in [1.807, 2.05) is 11.0 Å². The lowest BCUT2D eigenvalue weighted by Crippen LogP contribution is -2.36. The maximum absolute atomic E-state index is 14.1. The Bertz CT molecular complexity index is 860. The van der Waals surface area contributed by atoms with Gasteiger partial charge >= 0.3 is 0 Å². The molecule has 4 nitrogen and oxygen atoms in total. The lowest BCUT2D eigenvalue weighted by Gasteiger charge is -2.29. The average Bonchev–Trinajstić information content (AvgIpc) is 2.68. The Balaban J connectivity index is 1.70. The average molecular weight is 390 g/mol. The first-order chi connectivity index (χ1) is 13.4. The van der Waals surface area contributed by atoms with Crippen molar-refractivity contribution in [1.82, 2.24) is 5.32 Å². The topological polar surface area (TPSA) is 41.6 Å². The van der Waals surface area contributed by atoms with Crippen molar-refractivity contribution in [3.8, 4) is 0 Å². The Morgan fingerprint density at radius 1 is 1.14 bits per heavy atom. The molecule has 7 heteroatoms. The highest BCUT2D eigenvalue weighted by molar-refractivity contribution is 5.92. The maximum Gasteiger partial charge on any atom is 0.244 e. The van der Waals surface area contributed by atoms with Crippen molar-refractivity contribution in [2.75, 3.05) is 31.2 Å². The summed E-state index contributed by atoms with van der Waals surface area (Å²) < 4.78 is 46.6. The first kappa shape index (κ1) is 19.9. The highest BCUT2D eigenvalue weighted by atomic mass is 19.1. The van der Waals surface area contributed by atoms with Gasteiger partial charge in [-0.1, -0.05) is 6.07 Å². The lowest BCUT2D eigenvalue weighted by molar-refractivity contribution is -0.117. The molecule has 148 valence electrons. The molecule has 0 aromatic heterocycles. The van der Waals surface area contributed by atoms with E-state index in [0.717, 1.165) is 30.0 Å². The summed E-state index contributed by atoms with van der Waals surface area (Å²) >= 11 is 0. The summed E-state index contributed by atoms with van der Waals surface area (Å²) in [4.78, 5) is 14.2. The molecule has 1 atom stereocenters.